The van der Waals surface area contributed by atoms with Gasteiger partial charge >= 0.3 is 0 Å². The molecule has 0 amide bonds. The average Bonchev–Trinajstić information content (AvgIpc) is 2.68. The Morgan fingerprint density at radius 2 is 2.14 bits per heavy atom. The molecule has 2 aromatic rings. The molecule has 5 nitrogen and oxygen atoms in total. The molecule has 0 fully saturated rings. The van der Waals surface area contributed by atoms with Gasteiger partial charge in [-0.2, -0.15) is 0 Å². The van der Waals surface area contributed by atoms with Crippen LogP contribution in [0, 0.1) is 5.41 Å². The van der Waals surface area contributed by atoms with Gasteiger partial charge in [-0.1, -0.05) is 12.5 Å². The molecule has 0 aliphatic carbocycles. The van der Waals surface area contributed by atoms with Gasteiger partial charge in [-0.3, -0.25) is 5.41 Å². The topological polar surface area (TPSA) is 80.6 Å². The minimum absolute atomic E-state index is 0.0561. The van der Waals surface area contributed by atoms with Gasteiger partial charge in [-0.25, -0.2) is 0 Å². The lowest BCUT2D eigenvalue weighted by Crippen LogP contribution is -2.13. The summed E-state index contributed by atoms with van der Waals surface area (Å²) < 4.78 is 3.03. The van der Waals surface area contributed by atoms with Crippen molar-refractivity contribution >= 4 is 33.5 Å². The molecule has 0 unspecified atom stereocenters. The van der Waals surface area contributed by atoms with Gasteiger partial charge in [0, 0.05) is 27.9 Å². The smallest absolute Gasteiger partial charge is 0.196 e. The van der Waals surface area contributed by atoms with Crippen molar-refractivity contribution in [3.05, 3.63) is 34.1 Å². The molecule has 0 radical (unpaired) electrons. The highest BCUT2D eigenvalue weighted by Crippen LogP contribution is 2.33. The standard InChI is InChI=1S/C14H16BrN5S/c15-9-5-4-6-10(12(9)13(16)17)21-14-19-18-11-7-2-1-3-8-20(11)14/h4-6H,1-3,7-8H2,(H3,16,17). The highest BCUT2D eigenvalue weighted by molar-refractivity contribution is 9.10. The van der Waals surface area contributed by atoms with Crippen LogP contribution in [0.3, 0.4) is 0 Å². The number of hydrogen-bond donors (Lipinski definition) is 2. The van der Waals surface area contributed by atoms with E-state index in [9.17, 15) is 0 Å². The summed E-state index contributed by atoms with van der Waals surface area (Å²) in [6.07, 6.45) is 4.57. The van der Waals surface area contributed by atoms with Crippen LogP contribution in [0.25, 0.3) is 0 Å². The number of benzene rings is 1. The number of aryl methyl sites for hydroxylation is 1. The van der Waals surface area contributed by atoms with E-state index in [2.05, 4.69) is 30.7 Å². The summed E-state index contributed by atoms with van der Waals surface area (Å²) in [5.74, 6) is 1.12. The van der Waals surface area contributed by atoms with Gasteiger partial charge < -0.3 is 10.3 Å². The fourth-order valence-corrected chi connectivity index (χ4v) is 4.25. The highest BCUT2D eigenvalue weighted by atomic mass is 79.9. The van der Waals surface area contributed by atoms with Crippen LogP contribution >= 0.6 is 27.7 Å². The predicted octanol–water partition coefficient (Wildman–Crippen LogP) is 3.20. The molecular weight excluding hydrogens is 350 g/mol. The first-order valence-corrected chi connectivity index (χ1v) is 8.50. The number of amidine groups is 1. The average molecular weight is 366 g/mol. The number of hydrogen-bond acceptors (Lipinski definition) is 4. The molecule has 0 atom stereocenters. The molecule has 0 saturated carbocycles. The van der Waals surface area contributed by atoms with Crippen molar-refractivity contribution in [2.75, 3.05) is 0 Å². The van der Waals surface area contributed by atoms with Gasteiger partial charge in [0.2, 0.25) is 0 Å². The van der Waals surface area contributed by atoms with Crippen LogP contribution in [0.15, 0.2) is 32.7 Å². The largest absolute Gasteiger partial charge is 0.384 e. The summed E-state index contributed by atoms with van der Waals surface area (Å²) in [6.45, 7) is 0.966. The molecule has 3 N–H and O–H groups in total. The van der Waals surface area contributed by atoms with Gasteiger partial charge in [0.15, 0.2) is 5.16 Å². The number of nitrogens with one attached hydrogen (secondary N) is 1. The molecule has 0 spiro atoms. The molecule has 1 aliphatic heterocycles. The van der Waals surface area contributed by atoms with Crippen LogP contribution in [0.1, 0.15) is 30.7 Å². The van der Waals surface area contributed by atoms with Crippen molar-refractivity contribution in [3.8, 4) is 0 Å². The summed E-state index contributed by atoms with van der Waals surface area (Å²) in [7, 11) is 0. The zero-order chi connectivity index (χ0) is 14.8. The fourth-order valence-electron chi connectivity index (χ4n) is 2.48. The Morgan fingerprint density at radius 3 is 2.95 bits per heavy atom. The Kier molecular flexibility index (Phi) is 4.30. The Bertz CT molecular complexity index is 682. The van der Waals surface area contributed by atoms with E-state index >= 15 is 0 Å². The first-order valence-electron chi connectivity index (χ1n) is 6.89. The lowest BCUT2D eigenvalue weighted by molar-refractivity contribution is 0.591. The lowest BCUT2D eigenvalue weighted by atomic mass is 10.2. The zero-order valence-corrected chi connectivity index (χ0v) is 13.9. The van der Waals surface area contributed by atoms with Crippen molar-refractivity contribution in [3.63, 3.8) is 0 Å². The number of nitrogens with two attached hydrogens (primary N) is 1. The monoisotopic (exact) mass is 365 g/mol. The van der Waals surface area contributed by atoms with E-state index in [0.29, 0.717) is 5.56 Å². The van der Waals surface area contributed by atoms with Crippen LogP contribution in [-0.2, 0) is 13.0 Å². The van der Waals surface area contributed by atoms with E-state index in [1.54, 1.807) is 0 Å². The van der Waals surface area contributed by atoms with Crippen LogP contribution in [0.2, 0.25) is 0 Å². The maximum atomic E-state index is 7.76. The van der Waals surface area contributed by atoms with Crippen molar-refractivity contribution in [2.45, 2.75) is 42.3 Å². The van der Waals surface area contributed by atoms with Gasteiger partial charge in [0.05, 0.1) is 0 Å². The van der Waals surface area contributed by atoms with E-state index in [1.807, 2.05) is 18.2 Å². The zero-order valence-electron chi connectivity index (χ0n) is 11.5. The fraction of sp³-hybridized carbons (Fsp3) is 0.357. The summed E-state index contributed by atoms with van der Waals surface area (Å²) in [5, 5.41) is 17.3. The minimum atomic E-state index is 0.0561. The summed E-state index contributed by atoms with van der Waals surface area (Å²) in [4.78, 5) is 0.927. The number of rotatable bonds is 3. The number of halogens is 1. The van der Waals surface area contributed by atoms with Gasteiger partial charge in [-0.05, 0) is 52.7 Å². The molecule has 2 heterocycles. The molecule has 0 saturated heterocycles. The SMILES string of the molecule is N=C(N)c1c(Br)cccc1Sc1nnc2n1CCCCC2. The van der Waals surface area contributed by atoms with Crippen LogP contribution < -0.4 is 5.73 Å². The quantitative estimate of drug-likeness (QED) is 0.646. The maximum Gasteiger partial charge on any atom is 0.196 e. The van der Waals surface area contributed by atoms with E-state index in [-0.39, 0.29) is 5.84 Å². The lowest BCUT2D eigenvalue weighted by Gasteiger charge is -2.10. The minimum Gasteiger partial charge on any atom is -0.384 e. The molecule has 110 valence electrons. The third kappa shape index (κ3) is 2.98. The molecule has 1 aliphatic rings. The Labute approximate surface area is 136 Å². The molecule has 21 heavy (non-hydrogen) atoms. The van der Waals surface area contributed by atoms with Crippen LogP contribution in [0.5, 0.6) is 0 Å². The number of nitrogen functional groups attached to an aromatic ring is 1. The van der Waals surface area contributed by atoms with Gasteiger partial charge in [0.1, 0.15) is 11.7 Å². The summed E-state index contributed by atoms with van der Waals surface area (Å²) in [5.41, 5.74) is 6.42. The Hall–Kier alpha value is -1.34. The second-order valence-corrected chi connectivity index (χ2v) is 6.85. The molecule has 3 rings (SSSR count). The molecule has 7 heteroatoms. The highest BCUT2D eigenvalue weighted by Gasteiger charge is 2.18. The van der Waals surface area contributed by atoms with E-state index in [1.165, 1.54) is 24.6 Å². The normalized spacial score (nSPS) is 14.5. The molecular formula is C14H16BrN5S. The van der Waals surface area contributed by atoms with Crippen LogP contribution in [-0.4, -0.2) is 20.6 Å². The third-order valence-electron chi connectivity index (χ3n) is 3.52. The predicted molar refractivity (Wildman–Crippen MR) is 86.9 cm³/mol. The summed E-state index contributed by atoms with van der Waals surface area (Å²) in [6, 6.07) is 5.80. The van der Waals surface area contributed by atoms with Gasteiger partial charge in [0.25, 0.3) is 0 Å². The number of nitrogens with zero attached hydrogens (tertiary/aromatic N) is 3. The van der Waals surface area contributed by atoms with Crippen molar-refractivity contribution < 1.29 is 0 Å². The van der Waals surface area contributed by atoms with Crippen molar-refractivity contribution in [1.29, 1.82) is 5.41 Å². The summed E-state index contributed by atoms with van der Waals surface area (Å²) >= 11 is 4.99. The first kappa shape index (κ1) is 14.6. The van der Waals surface area contributed by atoms with Gasteiger partial charge in [-0.15, -0.1) is 10.2 Å². The van der Waals surface area contributed by atoms with Crippen molar-refractivity contribution in [2.24, 2.45) is 5.73 Å². The Balaban J connectivity index is 1.96. The van der Waals surface area contributed by atoms with Crippen molar-refractivity contribution in [1.82, 2.24) is 14.8 Å². The van der Waals surface area contributed by atoms with E-state index in [4.69, 9.17) is 11.1 Å². The molecule has 0 bridgehead atoms. The second-order valence-electron chi connectivity index (χ2n) is 4.99. The molecule has 1 aromatic carbocycles. The van der Waals surface area contributed by atoms with E-state index < -0.39 is 0 Å². The third-order valence-corrected chi connectivity index (χ3v) is 5.23. The number of fused-ring (bicyclic) bond motifs is 1. The molecule has 1 aromatic heterocycles. The Morgan fingerprint density at radius 1 is 1.29 bits per heavy atom. The second kappa shape index (κ2) is 6.19. The van der Waals surface area contributed by atoms with Crippen LogP contribution in [0.4, 0.5) is 0 Å². The van der Waals surface area contributed by atoms with E-state index in [0.717, 1.165) is 39.7 Å². The number of aromatic nitrogens is 3. The maximum absolute atomic E-state index is 7.76. The first-order chi connectivity index (χ1) is 10.2.